The van der Waals surface area contributed by atoms with E-state index in [-0.39, 0.29) is 11.8 Å². The molecule has 222 valence electrons. The van der Waals surface area contributed by atoms with Gasteiger partial charge in [0.05, 0.1) is 10.0 Å². The van der Waals surface area contributed by atoms with Crippen LogP contribution in [-0.4, -0.2) is 43.2 Å². The smallest absolute Gasteiger partial charge is 0.227 e. The largest absolute Gasteiger partial charge is 0.490 e. The lowest BCUT2D eigenvalue weighted by Gasteiger charge is -2.32. The van der Waals surface area contributed by atoms with Crippen LogP contribution in [0.2, 0.25) is 10.0 Å². The highest BCUT2D eigenvalue weighted by molar-refractivity contribution is 6.37. The fourth-order valence-electron chi connectivity index (χ4n) is 6.97. The highest BCUT2D eigenvalue weighted by Crippen LogP contribution is 2.50. The Bertz CT molecular complexity index is 1420. The van der Waals surface area contributed by atoms with Crippen molar-refractivity contribution in [1.29, 1.82) is 0 Å². The van der Waals surface area contributed by atoms with Crippen LogP contribution in [0.4, 0.5) is 0 Å². The molecule has 1 heterocycles. The molecule has 42 heavy (non-hydrogen) atoms. The second-order valence-corrected chi connectivity index (χ2v) is 13.1. The van der Waals surface area contributed by atoms with E-state index in [2.05, 4.69) is 54.4 Å². The van der Waals surface area contributed by atoms with E-state index in [0.717, 1.165) is 43.7 Å². The molecule has 0 aromatic heterocycles. The molecule has 0 spiro atoms. The van der Waals surface area contributed by atoms with Crippen LogP contribution in [0.1, 0.15) is 53.0 Å². The van der Waals surface area contributed by atoms with Crippen LogP contribution in [0.3, 0.4) is 0 Å². The Labute approximate surface area is 259 Å². The minimum absolute atomic E-state index is 0.000102. The molecule has 2 saturated carbocycles. The van der Waals surface area contributed by atoms with Gasteiger partial charge in [-0.2, -0.15) is 0 Å². The third kappa shape index (κ3) is 6.15. The molecule has 1 saturated heterocycles. The molecule has 4 atom stereocenters. The van der Waals surface area contributed by atoms with E-state index in [1.807, 2.05) is 31.2 Å². The molecule has 1 aliphatic heterocycles. The summed E-state index contributed by atoms with van der Waals surface area (Å²) in [5, 5.41) is 4.57. The molecule has 1 N–H and O–H groups in total. The molecule has 3 aliphatic rings. The summed E-state index contributed by atoms with van der Waals surface area (Å²) in [6, 6.07) is 18.8. The first-order valence-electron chi connectivity index (χ1n) is 15.2. The Balaban J connectivity index is 1.13. The normalized spacial score (nSPS) is 23.1. The van der Waals surface area contributed by atoms with Gasteiger partial charge in [0.25, 0.3) is 0 Å². The van der Waals surface area contributed by atoms with Crippen molar-refractivity contribution in [1.82, 2.24) is 10.2 Å². The highest BCUT2D eigenvalue weighted by atomic mass is 35.5. The zero-order chi connectivity index (χ0) is 29.4. The van der Waals surface area contributed by atoms with Gasteiger partial charge in [-0.25, -0.2) is 0 Å². The molecule has 0 unspecified atom stereocenters. The van der Waals surface area contributed by atoms with Gasteiger partial charge in [0.1, 0.15) is 19.0 Å². The zero-order valence-electron chi connectivity index (χ0n) is 24.7. The van der Waals surface area contributed by atoms with Crippen LogP contribution in [0.25, 0.3) is 0 Å². The number of aryl methyl sites for hydroxylation is 2. The van der Waals surface area contributed by atoms with E-state index < -0.39 is 0 Å². The van der Waals surface area contributed by atoms with Crippen molar-refractivity contribution in [2.45, 2.75) is 58.5 Å². The van der Waals surface area contributed by atoms with Crippen molar-refractivity contribution >= 4 is 29.1 Å². The SMILES string of the molecule is Cc1cc(Cl)c(OCCOc2ccc([C@H]3C[C@H]4CNC[C@H]4[C@@H]3C(=O)N(Cc3cccc(C)c3C)C3CC3)cc2)c(Cl)c1. The van der Waals surface area contributed by atoms with Crippen LogP contribution in [0, 0.1) is 38.5 Å². The molecule has 7 heteroatoms. The number of nitrogens with zero attached hydrogens (tertiary/aromatic N) is 1. The van der Waals surface area contributed by atoms with Crippen molar-refractivity contribution in [3.05, 3.63) is 92.5 Å². The van der Waals surface area contributed by atoms with Gasteiger partial charge < -0.3 is 19.7 Å². The van der Waals surface area contributed by atoms with Gasteiger partial charge in [0.15, 0.2) is 5.75 Å². The van der Waals surface area contributed by atoms with Crippen molar-refractivity contribution in [3.63, 3.8) is 0 Å². The Kier molecular flexibility index (Phi) is 8.72. The van der Waals surface area contributed by atoms with E-state index >= 15 is 0 Å². The number of ether oxygens (including phenoxy) is 2. The predicted octanol–water partition coefficient (Wildman–Crippen LogP) is 7.51. The van der Waals surface area contributed by atoms with Gasteiger partial charge in [-0.05, 0) is 123 Å². The van der Waals surface area contributed by atoms with Gasteiger partial charge in [0, 0.05) is 18.5 Å². The first-order chi connectivity index (χ1) is 20.3. The van der Waals surface area contributed by atoms with E-state index in [1.54, 1.807) is 0 Å². The number of halogens is 2. The number of fused-ring (bicyclic) bond motifs is 1. The summed E-state index contributed by atoms with van der Waals surface area (Å²) in [4.78, 5) is 16.6. The summed E-state index contributed by atoms with van der Waals surface area (Å²) in [6.45, 7) is 9.61. The van der Waals surface area contributed by atoms with Gasteiger partial charge >= 0.3 is 0 Å². The molecular formula is C35H40Cl2N2O3. The first kappa shape index (κ1) is 29.3. The first-order valence-corrected chi connectivity index (χ1v) is 15.9. The van der Waals surface area contributed by atoms with Gasteiger partial charge in [0.2, 0.25) is 5.91 Å². The summed E-state index contributed by atoms with van der Waals surface area (Å²) in [5.41, 5.74) is 6.06. The number of rotatable bonds is 10. The molecule has 0 radical (unpaired) electrons. The third-order valence-corrected chi connectivity index (χ3v) is 10.1. The van der Waals surface area contributed by atoms with Crippen molar-refractivity contribution in [2.75, 3.05) is 26.3 Å². The van der Waals surface area contributed by atoms with Gasteiger partial charge in [-0.1, -0.05) is 53.5 Å². The predicted molar refractivity (Wildman–Crippen MR) is 169 cm³/mol. The average molecular weight is 608 g/mol. The van der Waals surface area contributed by atoms with E-state index in [0.29, 0.717) is 59.3 Å². The molecule has 6 rings (SSSR count). The highest BCUT2D eigenvalue weighted by Gasteiger charge is 2.51. The van der Waals surface area contributed by atoms with Crippen LogP contribution in [0.5, 0.6) is 11.5 Å². The Morgan fingerprint density at radius 3 is 2.38 bits per heavy atom. The minimum Gasteiger partial charge on any atom is -0.490 e. The number of benzene rings is 3. The van der Waals surface area contributed by atoms with Crippen molar-refractivity contribution in [3.8, 4) is 11.5 Å². The standard InChI is InChI=1S/C35H40Cl2N2O3/c1-21-15-31(36)34(32(37)16-21)42-14-13-41-28-11-7-24(8-12-28)29-17-26-18-38-19-30(26)33(29)35(40)39(27-9-10-27)20-25-6-4-5-22(2)23(25)3/h4-8,11-12,15-16,26-27,29-30,33,38H,9-10,13-14,17-20H2,1-3H3/t26-,29+,30+,33+/m0/s1. The number of carbonyl (C=O) groups excluding carboxylic acids is 1. The molecule has 3 aromatic carbocycles. The molecule has 2 aliphatic carbocycles. The topological polar surface area (TPSA) is 50.8 Å². The lowest BCUT2D eigenvalue weighted by atomic mass is 9.83. The van der Waals surface area contributed by atoms with Crippen molar-refractivity contribution < 1.29 is 14.3 Å². The van der Waals surface area contributed by atoms with E-state index in [1.165, 1.54) is 22.3 Å². The second kappa shape index (κ2) is 12.5. The Morgan fingerprint density at radius 2 is 1.67 bits per heavy atom. The van der Waals surface area contributed by atoms with Crippen LogP contribution in [-0.2, 0) is 11.3 Å². The van der Waals surface area contributed by atoms with Crippen LogP contribution >= 0.6 is 23.2 Å². The van der Waals surface area contributed by atoms with Crippen LogP contribution in [0.15, 0.2) is 54.6 Å². The summed E-state index contributed by atoms with van der Waals surface area (Å²) < 4.78 is 11.8. The summed E-state index contributed by atoms with van der Waals surface area (Å²) in [5.74, 6) is 2.75. The van der Waals surface area contributed by atoms with Gasteiger partial charge in [-0.15, -0.1) is 0 Å². The van der Waals surface area contributed by atoms with E-state index in [9.17, 15) is 4.79 Å². The molecule has 1 amide bonds. The number of hydrogen-bond donors (Lipinski definition) is 1. The van der Waals surface area contributed by atoms with Crippen LogP contribution < -0.4 is 14.8 Å². The Hall–Kier alpha value is -2.73. The maximum atomic E-state index is 14.4. The fourth-order valence-corrected chi connectivity index (χ4v) is 7.68. The molecular weight excluding hydrogens is 567 g/mol. The van der Waals surface area contributed by atoms with E-state index in [4.69, 9.17) is 32.7 Å². The lowest BCUT2D eigenvalue weighted by molar-refractivity contribution is -0.138. The number of hydrogen-bond acceptors (Lipinski definition) is 4. The molecule has 0 bridgehead atoms. The van der Waals surface area contributed by atoms with Crippen molar-refractivity contribution in [2.24, 2.45) is 17.8 Å². The quantitative estimate of drug-likeness (QED) is 0.243. The average Bonchev–Trinajstić information content (AvgIpc) is 3.59. The number of carbonyl (C=O) groups is 1. The second-order valence-electron chi connectivity index (χ2n) is 12.3. The summed E-state index contributed by atoms with van der Waals surface area (Å²) in [6.07, 6.45) is 3.26. The fraction of sp³-hybridized carbons (Fsp3) is 0.457. The molecule has 3 aromatic rings. The summed E-state index contributed by atoms with van der Waals surface area (Å²) >= 11 is 12.6. The molecule has 3 fully saturated rings. The maximum absolute atomic E-state index is 14.4. The monoisotopic (exact) mass is 606 g/mol. The minimum atomic E-state index is -0.000102. The zero-order valence-corrected chi connectivity index (χ0v) is 26.2. The number of amides is 1. The lowest BCUT2D eigenvalue weighted by Crippen LogP contribution is -2.41. The third-order valence-electron chi connectivity index (χ3n) is 9.51. The maximum Gasteiger partial charge on any atom is 0.227 e. The van der Waals surface area contributed by atoms with Gasteiger partial charge in [-0.3, -0.25) is 4.79 Å². The number of nitrogens with one attached hydrogen (secondary N) is 1. The Morgan fingerprint density at radius 1 is 0.952 bits per heavy atom. The summed E-state index contributed by atoms with van der Waals surface area (Å²) in [7, 11) is 0. The molecule has 5 nitrogen and oxygen atoms in total.